The van der Waals surface area contributed by atoms with E-state index < -0.39 is 11.8 Å². The molecule has 1 aliphatic rings. The summed E-state index contributed by atoms with van der Waals surface area (Å²) in [4.78, 5) is 37.0. The molecule has 1 aromatic carbocycles. The molecular formula is C15H20ClN3O4. The molecule has 2 rings (SSSR count). The largest absolute Gasteiger partial charge is 0.383 e. The molecule has 1 aliphatic heterocycles. The van der Waals surface area contributed by atoms with Crippen LogP contribution in [0.2, 0.25) is 0 Å². The number of hydrogen-bond acceptors (Lipinski definition) is 5. The van der Waals surface area contributed by atoms with E-state index in [4.69, 9.17) is 4.74 Å². The Hall–Kier alpha value is -1.96. The smallest absolute Gasteiger partial charge is 0.262 e. The minimum atomic E-state index is -0.422. The van der Waals surface area contributed by atoms with Gasteiger partial charge < -0.3 is 15.4 Å². The number of benzene rings is 1. The van der Waals surface area contributed by atoms with Crippen molar-refractivity contribution in [2.75, 3.05) is 39.9 Å². The number of hydrogen-bond donors (Lipinski definition) is 2. The zero-order valence-electron chi connectivity index (χ0n) is 12.8. The van der Waals surface area contributed by atoms with Gasteiger partial charge in [-0.25, -0.2) is 0 Å². The fourth-order valence-electron chi connectivity index (χ4n) is 2.17. The molecule has 1 aromatic rings. The van der Waals surface area contributed by atoms with Crippen LogP contribution in [0, 0.1) is 0 Å². The van der Waals surface area contributed by atoms with Crippen LogP contribution in [0.4, 0.5) is 0 Å². The lowest BCUT2D eigenvalue weighted by atomic mass is 10.1. The van der Waals surface area contributed by atoms with E-state index in [0.717, 1.165) is 4.90 Å². The van der Waals surface area contributed by atoms with Gasteiger partial charge in [0.2, 0.25) is 5.91 Å². The molecule has 0 saturated heterocycles. The lowest BCUT2D eigenvalue weighted by Gasteiger charge is -2.13. The number of nitrogens with one attached hydrogen (secondary N) is 2. The van der Waals surface area contributed by atoms with Crippen LogP contribution >= 0.6 is 12.4 Å². The summed E-state index contributed by atoms with van der Waals surface area (Å²) < 4.78 is 4.88. The van der Waals surface area contributed by atoms with Gasteiger partial charge in [0, 0.05) is 26.7 Å². The molecule has 2 N–H and O–H groups in total. The zero-order chi connectivity index (χ0) is 15.9. The van der Waals surface area contributed by atoms with Crippen LogP contribution in [0.25, 0.3) is 0 Å². The molecule has 0 aromatic heterocycles. The Labute approximate surface area is 140 Å². The van der Waals surface area contributed by atoms with Crippen molar-refractivity contribution in [1.82, 2.24) is 15.5 Å². The number of halogens is 1. The quantitative estimate of drug-likeness (QED) is 0.515. The second-order valence-electron chi connectivity index (χ2n) is 4.83. The monoisotopic (exact) mass is 341 g/mol. The van der Waals surface area contributed by atoms with Crippen molar-refractivity contribution in [2.45, 2.75) is 0 Å². The van der Waals surface area contributed by atoms with Gasteiger partial charge in [-0.3, -0.25) is 19.3 Å². The van der Waals surface area contributed by atoms with Gasteiger partial charge in [0.15, 0.2) is 0 Å². The number of nitrogens with zero attached hydrogens (tertiary/aromatic N) is 1. The Balaban J connectivity index is 0.00000264. The lowest BCUT2D eigenvalue weighted by molar-refractivity contribution is -0.121. The normalized spacial score (nSPS) is 12.8. The Morgan fingerprint density at radius 1 is 1.09 bits per heavy atom. The topological polar surface area (TPSA) is 87.7 Å². The zero-order valence-corrected chi connectivity index (χ0v) is 13.6. The molecule has 3 amide bonds. The molecule has 7 nitrogen and oxygen atoms in total. The number of ether oxygens (including phenoxy) is 1. The van der Waals surface area contributed by atoms with Crippen LogP contribution in [0.15, 0.2) is 24.3 Å². The van der Waals surface area contributed by atoms with Crippen LogP contribution in [0.1, 0.15) is 20.7 Å². The SMILES string of the molecule is COCCNCCNC(=O)CN1C(=O)c2ccccc2C1=O.Cl. The fourth-order valence-corrected chi connectivity index (χ4v) is 2.17. The Bertz CT molecular complexity index is 545. The molecule has 0 unspecified atom stereocenters. The predicted octanol–water partition coefficient (Wildman–Crippen LogP) is 0.0566. The van der Waals surface area contributed by atoms with E-state index in [-0.39, 0.29) is 24.9 Å². The molecule has 0 atom stereocenters. The standard InChI is InChI=1S/C15H19N3O4.ClH/c1-22-9-8-16-6-7-17-13(19)10-18-14(20)11-4-2-3-5-12(11)15(18)21;/h2-5,16H,6-10H2,1H3,(H,17,19);1H. The van der Waals surface area contributed by atoms with Crippen LogP contribution in [0.5, 0.6) is 0 Å². The van der Waals surface area contributed by atoms with Crippen molar-refractivity contribution in [3.8, 4) is 0 Å². The third kappa shape index (κ3) is 4.75. The van der Waals surface area contributed by atoms with Gasteiger partial charge in [0.1, 0.15) is 6.54 Å². The molecule has 0 fully saturated rings. The molecule has 0 bridgehead atoms. The number of imide groups is 1. The van der Waals surface area contributed by atoms with Crippen LogP contribution in [-0.4, -0.2) is 62.5 Å². The maximum atomic E-state index is 12.1. The van der Waals surface area contributed by atoms with Crippen molar-refractivity contribution in [1.29, 1.82) is 0 Å². The summed E-state index contributed by atoms with van der Waals surface area (Å²) in [6, 6.07) is 6.57. The van der Waals surface area contributed by atoms with E-state index in [9.17, 15) is 14.4 Å². The average Bonchev–Trinajstić information content (AvgIpc) is 2.76. The minimum Gasteiger partial charge on any atom is -0.383 e. The molecule has 1 heterocycles. The number of carbonyl (C=O) groups excluding carboxylic acids is 3. The van der Waals surface area contributed by atoms with E-state index in [1.54, 1.807) is 31.4 Å². The van der Waals surface area contributed by atoms with E-state index in [1.165, 1.54) is 0 Å². The molecule has 0 aliphatic carbocycles. The first-order valence-corrected chi connectivity index (χ1v) is 7.06. The van der Waals surface area contributed by atoms with E-state index in [0.29, 0.717) is 37.4 Å². The van der Waals surface area contributed by atoms with Crippen molar-refractivity contribution < 1.29 is 19.1 Å². The second kappa shape index (κ2) is 9.24. The van der Waals surface area contributed by atoms with Gasteiger partial charge in [-0.1, -0.05) is 12.1 Å². The summed E-state index contributed by atoms with van der Waals surface area (Å²) in [6.45, 7) is 2.06. The number of fused-ring (bicyclic) bond motifs is 1. The second-order valence-corrected chi connectivity index (χ2v) is 4.83. The first kappa shape index (κ1) is 19.1. The van der Waals surface area contributed by atoms with Gasteiger partial charge in [-0.2, -0.15) is 0 Å². The minimum absolute atomic E-state index is 0. The van der Waals surface area contributed by atoms with Gasteiger partial charge >= 0.3 is 0 Å². The molecule has 23 heavy (non-hydrogen) atoms. The molecule has 0 spiro atoms. The van der Waals surface area contributed by atoms with Gasteiger partial charge in [-0.15, -0.1) is 12.4 Å². The summed E-state index contributed by atoms with van der Waals surface area (Å²) >= 11 is 0. The Morgan fingerprint density at radius 2 is 1.70 bits per heavy atom. The maximum absolute atomic E-state index is 12.1. The van der Waals surface area contributed by atoms with E-state index >= 15 is 0 Å². The predicted molar refractivity (Wildman–Crippen MR) is 86.8 cm³/mol. The summed E-state index contributed by atoms with van der Waals surface area (Å²) in [5.74, 6) is -1.20. The first-order chi connectivity index (χ1) is 10.6. The summed E-state index contributed by atoms with van der Waals surface area (Å²) in [7, 11) is 1.62. The fraction of sp³-hybridized carbons (Fsp3) is 0.400. The summed E-state index contributed by atoms with van der Waals surface area (Å²) in [5, 5.41) is 5.75. The maximum Gasteiger partial charge on any atom is 0.262 e. The van der Waals surface area contributed by atoms with Crippen LogP contribution in [0.3, 0.4) is 0 Å². The highest BCUT2D eigenvalue weighted by Crippen LogP contribution is 2.21. The third-order valence-electron chi connectivity index (χ3n) is 3.29. The first-order valence-electron chi connectivity index (χ1n) is 7.06. The van der Waals surface area contributed by atoms with Crippen molar-refractivity contribution in [2.24, 2.45) is 0 Å². The van der Waals surface area contributed by atoms with Crippen molar-refractivity contribution >= 4 is 30.1 Å². The Morgan fingerprint density at radius 3 is 2.26 bits per heavy atom. The molecular weight excluding hydrogens is 322 g/mol. The van der Waals surface area contributed by atoms with Crippen molar-refractivity contribution in [3.05, 3.63) is 35.4 Å². The van der Waals surface area contributed by atoms with E-state index in [2.05, 4.69) is 10.6 Å². The molecule has 0 radical (unpaired) electrons. The van der Waals surface area contributed by atoms with Crippen LogP contribution in [-0.2, 0) is 9.53 Å². The number of carbonyl (C=O) groups is 3. The van der Waals surface area contributed by atoms with Crippen molar-refractivity contribution in [3.63, 3.8) is 0 Å². The van der Waals surface area contributed by atoms with Gasteiger partial charge in [0.25, 0.3) is 11.8 Å². The summed E-state index contributed by atoms with van der Waals surface area (Å²) in [5.41, 5.74) is 0.697. The molecule has 0 saturated carbocycles. The van der Waals surface area contributed by atoms with Gasteiger partial charge in [-0.05, 0) is 12.1 Å². The number of rotatable bonds is 8. The van der Waals surface area contributed by atoms with E-state index in [1.807, 2.05) is 0 Å². The number of methoxy groups -OCH3 is 1. The Kier molecular flexibility index (Phi) is 7.67. The summed E-state index contributed by atoms with van der Waals surface area (Å²) in [6.07, 6.45) is 0. The highest BCUT2D eigenvalue weighted by molar-refractivity contribution is 6.22. The van der Waals surface area contributed by atoms with Gasteiger partial charge in [0.05, 0.1) is 17.7 Å². The highest BCUT2D eigenvalue weighted by atomic mass is 35.5. The molecule has 126 valence electrons. The average molecular weight is 342 g/mol. The van der Waals surface area contributed by atoms with Crippen LogP contribution < -0.4 is 10.6 Å². The highest BCUT2D eigenvalue weighted by Gasteiger charge is 2.36. The number of amides is 3. The lowest BCUT2D eigenvalue weighted by Crippen LogP contribution is -2.42. The third-order valence-corrected chi connectivity index (χ3v) is 3.29. The molecule has 8 heteroatoms.